The summed E-state index contributed by atoms with van der Waals surface area (Å²) in [5.41, 5.74) is 1.06. The summed E-state index contributed by atoms with van der Waals surface area (Å²) in [6, 6.07) is 10.3. The van der Waals surface area contributed by atoms with E-state index in [0.717, 1.165) is 4.47 Å². The normalized spacial score (nSPS) is 13.6. The molecule has 1 N–H and O–H groups in total. The van der Waals surface area contributed by atoms with Crippen LogP contribution in [0.1, 0.15) is 20.8 Å². The number of carbonyl (C=O) groups excluding carboxylic acids is 2. The minimum atomic E-state index is -0.425. The first-order chi connectivity index (χ1) is 11.1. The highest BCUT2D eigenvalue weighted by atomic mass is 79.9. The number of fused-ring (bicyclic) bond motifs is 1. The number of nitrogens with one attached hydrogen (secondary N) is 1. The van der Waals surface area contributed by atoms with Crippen molar-refractivity contribution in [3.05, 3.63) is 68.9 Å². The third-order valence-corrected chi connectivity index (χ3v) is 4.40. The third kappa shape index (κ3) is 2.91. The minimum absolute atomic E-state index is 0.0617. The fourth-order valence-electron chi connectivity index (χ4n) is 2.16. The quantitative estimate of drug-likeness (QED) is 0.809. The number of hydrogen-bond acceptors (Lipinski definition) is 6. The molecule has 0 saturated carbocycles. The van der Waals surface area contributed by atoms with Gasteiger partial charge in [0.1, 0.15) is 16.8 Å². The fourth-order valence-corrected chi connectivity index (χ4v) is 2.95. The molecule has 0 atom stereocenters. The van der Waals surface area contributed by atoms with Gasteiger partial charge in [-0.2, -0.15) is 5.26 Å². The lowest BCUT2D eigenvalue weighted by Crippen LogP contribution is -2.25. The number of nitrogens with zero attached hydrogens (tertiary/aromatic N) is 2. The largest absolute Gasteiger partial charge is 0.351 e. The summed E-state index contributed by atoms with van der Waals surface area (Å²) in [7, 11) is 0. The monoisotopic (exact) mass is 385 g/mol. The average molecular weight is 386 g/mol. The third-order valence-electron chi connectivity index (χ3n) is 3.19. The van der Waals surface area contributed by atoms with Crippen molar-refractivity contribution in [1.29, 1.82) is 5.26 Å². The molecule has 0 amide bonds. The molecule has 7 heteroatoms. The highest BCUT2D eigenvalue weighted by molar-refractivity contribution is 9.10. The molecular formula is C16H8BrN3O2S. The summed E-state index contributed by atoms with van der Waals surface area (Å²) >= 11 is 4.00. The number of ketones is 2. The van der Waals surface area contributed by atoms with E-state index in [-0.39, 0.29) is 27.6 Å². The molecule has 0 unspecified atom stereocenters. The lowest BCUT2D eigenvalue weighted by molar-refractivity contribution is 0.0979. The smallest absolute Gasteiger partial charge is 0.221 e. The van der Waals surface area contributed by atoms with Crippen molar-refractivity contribution in [3.63, 3.8) is 0 Å². The van der Waals surface area contributed by atoms with Crippen LogP contribution in [-0.2, 0) is 0 Å². The lowest BCUT2D eigenvalue weighted by Gasteiger charge is -2.19. The number of Topliss-reactive ketones (excluding diaryl/α,β-unsaturated/α-hetero) is 2. The number of rotatable bonds is 3. The van der Waals surface area contributed by atoms with Gasteiger partial charge in [-0.25, -0.2) is 0 Å². The molecule has 3 rings (SSSR count). The molecule has 1 aromatic carbocycles. The van der Waals surface area contributed by atoms with E-state index in [1.165, 1.54) is 6.20 Å². The van der Waals surface area contributed by atoms with E-state index >= 15 is 0 Å². The molecule has 112 valence electrons. The van der Waals surface area contributed by atoms with Crippen LogP contribution in [0.25, 0.3) is 0 Å². The maximum Gasteiger partial charge on any atom is 0.221 e. The SMILES string of the molecule is N#CSC1=C(Nc2ccc(Br)cc2)C(=O)c2cccnc2C1=O. The van der Waals surface area contributed by atoms with E-state index in [9.17, 15) is 9.59 Å². The van der Waals surface area contributed by atoms with Crippen LogP contribution in [0.15, 0.2) is 57.7 Å². The van der Waals surface area contributed by atoms with Crippen molar-refractivity contribution in [2.45, 2.75) is 0 Å². The van der Waals surface area contributed by atoms with Crippen molar-refractivity contribution in [3.8, 4) is 5.40 Å². The second kappa shape index (κ2) is 6.36. The molecule has 0 fully saturated rings. The maximum absolute atomic E-state index is 12.7. The second-order valence-electron chi connectivity index (χ2n) is 4.59. The Morgan fingerprint density at radius 3 is 2.57 bits per heavy atom. The number of thioether (sulfide) groups is 1. The number of anilines is 1. The Hall–Kier alpha value is -2.43. The molecule has 23 heavy (non-hydrogen) atoms. The van der Waals surface area contributed by atoms with Crippen molar-refractivity contribution in [1.82, 2.24) is 4.98 Å². The van der Waals surface area contributed by atoms with Crippen LogP contribution in [0.3, 0.4) is 0 Å². The van der Waals surface area contributed by atoms with Crippen LogP contribution >= 0.6 is 27.7 Å². The van der Waals surface area contributed by atoms with Gasteiger partial charge >= 0.3 is 0 Å². The van der Waals surface area contributed by atoms with E-state index in [1.54, 1.807) is 24.3 Å². The maximum atomic E-state index is 12.7. The van der Waals surface area contributed by atoms with Gasteiger partial charge in [-0.05, 0) is 48.2 Å². The Balaban J connectivity index is 2.09. The molecule has 5 nitrogen and oxygen atoms in total. The summed E-state index contributed by atoms with van der Waals surface area (Å²) in [6.07, 6.45) is 1.45. The Labute approximate surface area is 144 Å². The number of carbonyl (C=O) groups is 2. The number of aromatic nitrogens is 1. The van der Waals surface area contributed by atoms with Gasteiger partial charge in [0.2, 0.25) is 11.6 Å². The highest BCUT2D eigenvalue weighted by Crippen LogP contribution is 2.32. The Morgan fingerprint density at radius 2 is 1.87 bits per heavy atom. The van der Waals surface area contributed by atoms with E-state index in [4.69, 9.17) is 5.26 Å². The lowest BCUT2D eigenvalue weighted by atomic mass is 9.96. The van der Waals surface area contributed by atoms with Gasteiger partial charge in [0, 0.05) is 16.4 Å². The Kier molecular flexibility index (Phi) is 4.28. The number of pyridine rings is 1. The fraction of sp³-hybridized carbons (Fsp3) is 0. The van der Waals surface area contributed by atoms with E-state index in [1.807, 2.05) is 17.5 Å². The zero-order valence-electron chi connectivity index (χ0n) is 11.5. The highest BCUT2D eigenvalue weighted by Gasteiger charge is 2.34. The summed E-state index contributed by atoms with van der Waals surface area (Å²) in [4.78, 5) is 29.2. The van der Waals surface area contributed by atoms with Crippen molar-refractivity contribution in [2.24, 2.45) is 0 Å². The van der Waals surface area contributed by atoms with Crippen molar-refractivity contribution < 1.29 is 9.59 Å². The number of allylic oxidation sites excluding steroid dienone is 2. The van der Waals surface area contributed by atoms with Crippen LogP contribution in [0.4, 0.5) is 5.69 Å². The molecule has 0 bridgehead atoms. The molecular weight excluding hydrogens is 378 g/mol. The molecule has 0 aliphatic heterocycles. The van der Waals surface area contributed by atoms with Crippen LogP contribution in [0.2, 0.25) is 0 Å². The number of benzene rings is 1. The van der Waals surface area contributed by atoms with E-state index < -0.39 is 5.78 Å². The molecule has 1 heterocycles. The molecule has 2 aromatic rings. The van der Waals surface area contributed by atoms with Crippen LogP contribution < -0.4 is 5.32 Å². The number of thiocyanates is 1. The number of nitriles is 1. The Morgan fingerprint density at radius 1 is 1.13 bits per heavy atom. The van der Waals surface area contributed by atoms with Crippen LogP contribution in [0, 0.1) is 10.7 Å². The van der Waals surface area contributed by atoms with E-state index in [2.05, 4.69) is 26.2 Å². The summed E-state index contributed by atoms with van der Waals surface area (Å²) < 4.78 is 0.893. The van der Waals surface area contributed by atoms with E-state index in [0.29, 0.717) is 17.4 Å². The van der Waals surface area contributed by atoms with Gasteiger partial charge in [0.15, 0.2) is 0 Å². The van der Waals surface area contributed by atoms with Gasteiger partial charge in [0.25, 0.3) is 0 Å². The van der Waals surface area contributed by atoms with Crippen molar-refractivity contribution >= 4 is 44.9 Å². The predicted molar refractivity (Wildman–Crippen MR) is 90.9 cm³/mol. The van der Waals surface area contributed by atoms with Gasteiger partial charge in [-0.3, -0.25) is 14.6 Å². The molecule has 1 aromatic heterocycles. The van der Waals surface area contributed by atoms with Crippen LogP contribution in [0.5, 0.6) is 0 Å². The summed E-state index contributed by atoms with van der Waals surface area (Å²) in [5.74, 6) is -0.778. The number of hydrogen-bond donors (Lipinski definition) is 1. The predicted octanol–water partition coefficient (Wildman–Crippen LogP) is 3.76. The zero-order valence-corrected chi connectivity index (χ0v) is 13.9. The molecule has 1 aliphatic carbocycles. The van der Waals surface area contributed by atoms with Gasteiger partial charge < -0.3 is 5.32 Å². The Bertz CT molecular complexity index is 885. The van der Waals surface area contributed by atoms with Crippen molar-refractivity contribution in [2.75, 3.05) is 5.32 Å². The zero-order chi connectivity index (χ0) is 16.4. The standard InChI is InChI=1S/C16H8BrN3O2S/c17-9-3-5-10(6-4-9)20-13-14(21)11-2-1-7-19-12(11)15(22)16(13)23-8-18/h1-7,20H. The second-order valence-corrected chi connectivity index (χ2v) is 6.30. The topological polar surface area (TPSA) is 82.8 Å². The average Bonchev–Trinajstić information content (AvgIpc) is 2.57. The van der Waals surface area contributed by atoms with Gasteiger partial charge in [-0.1, -0.05) is 15.9 Å². The summed E-state index contributed by atoms with van der Waals surface area (Å²) in [6.45, 7) is 0. The van der Waals surface area contributed by atoms with Gasteiger partial charge in [0.05, 0.1) is 10.5 Å². The number of halogens is 1. The first kappa shape index (κ1) is 15.5. The first-order valence-electron chi connectivity index (χ1n) is 6.49. The first-order valence-corrected chi connectivity index (χ1v) is 8.10. The van der Waals surface area contributed by atoms with Crippen LogP contribution in [-0.4, -0.2) is 16.6 Å². The molecule has 0 spiro atoms. The summed E-state index contributed by atoms with van der Waals surface area (Å²) in [5, 5.41) is 13.8. The molecule has 1 aliphatic rings. The minimum Gasteiger partial charge on any atom is -0.351 e. The molecule has 0 saturated heterocycles. The van der Waals surface area contributed by atoms with Gasteiger partial charge in [-0.15, -0.1) is 0 Å². The molecule has 0 radical (unpaired) electrons.